The van der Waals surface area contributed by atoms with E-state index in [-0.39, 0.29) is 32.1 Å². The number of hydrogen-bond donors (Lipinski definition) is 1. The van der Waals surface area contributed by atoms with Crippen molar-refractivity contribution in [2.24, 2.45) is 10.8 Å². The summed E-state index contributed by atoms with van der Waals surface area (Å²) in [6.45, 7) is 9.06. The molecule has 0 aliphatic rings. The van der Waals surface area contributed by atoms with Crippen molar-refractivity contribution in [3.8, 4) is 17.1 Å². The zero-order valence-electron chi connectivity index (χ0n) is 23.7. The van der Waals surface area contributed by atoms with E-state index in [1.807, 2.05) is 13.8 Å². The Kier molecular flexibility index (Phi) is 10.3. The van der Waals surface area contributed by atoms with Gasteiger partial charge in [0.25, 0.3) is 0 Å². The molecule has 0 aliphatic carbocycles. The summed E-state index contributed by atoms with van der Waals surface area (Å²) in [6, 6.07) is 7.11. The third kappa shape index (κ3) is 8.71. The standard InChI is InChI=1S/C28H30F5N5O4/c1-15-35-37-26(38-36-15)17-8-6-16(7-9-17)10-18(39)34-12-28(4,5)14-41-13-27(2,3)11-19(40)42-25-23(32)21(30)20(29)22(31)24(25)33/h6-9H,10-14H2,1-5H3,(H,34,39). The molecule has 226 valence electrons. The van der Waals surface area contributed by atoms with Crippen LogP contribution in [0.1, 0.15) is 45.5 Å². The van der Waals surface area contributed by atoms with Crippen molar-refractivity contribution in [2.45, 2.75) is 47.5 Å². The highest BCUT2D eigenvalue weighted by Gasteiger charge is 2.31. The number of aromatic nitrogens is 4. The molecule has 0 radical (unpaired) electrons. The van der Waals surface area contributed by atoms with Gasteiger partial charge in [-0.15, -0.1) is 20.4 Å². The van der Waals surface area contributed by atoms with Gasteiger partial charge < -0.3 is 14.8 Å². The minimum absolute atomic E-state index is 0.00132. The lowest BCUT2D eigenvalue weighted by Gasteiger charge is -2.29. The van der Waals surface area contributed by atoms with Crippen LogP contribution >= 0.6 is 0 Å². The summed E-state index contributed by atoms with van der Waals surface area (Å²) in [5.74, 6) is -13.5. The van der Waals surface area contributed by atoms with Gasteiger partial charge in [0.2, 0.25) is 46.6 Å². The largest absolute Gasteiger partial charge is 0.420 e. The number of nitrogens with zero attached hydrogens (tertiary/aromatic N) is 4. The average Bonchev–Trinajstić information content (AvgIpc) is 2.92. The second-order valence-corrected chi connectivity index (χ2v) is 11.3. The van der Waals surface area contributed by atoms with E-state index < -0.39 is 58.1 Å². The normalized spacial score (nSPS) is 11.9. The van der Waals surface area contributed by atoms with Crippen LogP contribution in [0.3, 0.4) is 0 Å². The van der Waals surface area contributed by atoms with Crippen LogP contribution < -0.4 is 10.1 Å². The first-order valence-electron chi connectivity index (χ1n) is 12.8. The van der Waals surface area contributed by atoms with Gasteiger partial charge in [-0.2, -0.15) is 8.78 Å². The fourth-order valence-electron chi connectivity index (χ4n) is 3.67. The lowest BCUT2D eigenvalue weighted by Crippen LogP contribution is -2.38. The lowest BCUT2D eigenvalue weighted by molar-refractivity contribution is -0.138. The van der Waals surface area contributed by atoms with Crippen molar-refractivity contribution in [1.82, 2.24) is 25.7 Å². The molecule has 0 fully saturated rings. The molecule has 3 aromatic rings. The van der Waals surface area contributed by atoms with Crippen LogP contribution in [0, 0.1) is 46.8 Å². The Hall–Kier alpha value is -4.07. The van der Waals surface area contributed by atoms with Crippen LogP contribution in [0.15, 0.2) is 24.3 Å². The molecule has 0 bridgehead atoms. The number of esters is 1. The predicted molar refractivity (Wildman–Crippen MR) is 139 cm³/mol. The predicted octanol–water partition coefficient (Wildman–Crippen LogP) is 4.66. The summed E-state index contributed by atoms with van der Waals surface area (Å²) >= 11 is 0. The first-order chi connectivity index (χ1) is 19.6. The first kappa shape index (κ1) is 32.4. The maximum atomic E-state index is 13.8. The Bertz CT molecular complexity index is 1410. The molecule has 1 heterocycles. The van der Waals surface area contributed by atoms with Crippen LogP contribution in [0.4, 0.5) is 22.0 Å². The highest BCUT2D eigenvalue weighted by molar-refractivity contribution is 5.78. The van der Waals surface area contributed by atoms with Gasteiger partial charge in [-0.05, 0) is 17.9 Å². The van der Waals surface area contributed by atoms with E-state index in [0.29, 0.717) is 17.2 Å². The number of rotatable bonds is 12. The summed E-state index contributed by atoms with van der Waals surface area (Å²) in [5, 5.41) is 18.6. The van der Waals surface area contributed by atoms with E-state index >= 15 is 0 Å². The molecule has 0 saturated carbocycles. The Labute approximate surface area is 238 Å². The molecule has 9 nitrogen and oxygen atoms in total. The Balaban J connectivity index is 1.44. The van der Waals surface area contributed by atoms with E-state index in [1.165, 1.54) is 0 Å². The second kappa shape index (κ2) is 13.3. The summed E-state index contributed by atoms with van der Waals surface area (Å²) in [5.41, 5.74) is 0.0699. The summed E-state index contributed by atoms with van der Waals surface area (Å²) in [7, 11) is 0. The third-order valence-electron chi connectivity index (χ3n) is 5.91. The molecule has 1 N–H and O–H groups in total. The van der Waals surface area contributed by atoms with Crippen molar-refractivity contribution in [3.63, 3.8) is 0 Å². The van der Waals surface area contributed by atoms with Crippen LogP contribution in [0.2, 0.25) is 0 Å². The molecule has 2 aromatic carbocycles. The number of ether oxygens (including phenoxy) is 2. The van der Waals surface area contributed by atoms with Crippen LogP contribution in [-0.4, -0.2) is 52.0 Å². The molecule has 1 aromatic heterocycles. The quantitative estimate of drug-likeness (QED) is 0.106. The fourth-order valence-corrected chi connectivity index (χ4v) is 3.67. The molecule has 0 saturated heterocycles. The number of halogens is 5. The van der Waals surface area contributed by atoms with Crippen LogP contribution in [0.5, 0.6) is 5.75 Å². The number of carbonyl (C=O) groups excluding carboxylic acids is 2. The van der Waals surface area contributed by atoms with Crippen molar-refractivity contribution in [2.75, 3.05) is 19.8 Å². The molecule has 42 heavy (non-hydrogen) atoms. The van der Waals surface area contributed by atoms with Gasteiger partial charge in [-0.1, -0.05) is 52.0 Å². The number of aryl methyl sites for hydroxylation is 1. The summed E-state index contributed by atoms with van der Waals surface area (Å²) in [6.07, 6.45) is -0.299. The number of benzene rings is 2. The van der Waals surface area contributed by atoms with Gasteiger partial charge in [-0.25, -0.2) is 13.2 Å². The average molecular weight is 596 g/mol. The molecule has 0 aliphatic heterocycles. The van der Waals surface area contributed by atoms with E-state index in [1.54, 1.807) is 45.0 Å². The number of amides is 1. The zero-order valence-corrected chi connectivity index (χ0v) is 23.7. The van der Waals surface area contributed by atoms with Crippen molar-refractivity contribution in [1.29, 1.82) is 0 Å². The first-order valence-corrected chi connectivity index (χ1v) is 12.8. The smallest absolute Gasteiger partial charge is 0.312 e. The van der Waals surface area contributed by atoms with Crippen LogP contribution in [0.25, 0.3) is 11.4 Å². The van der Waals surface area contributed by atoms with E-state index in [2.05, 4.69) is 30.4 Å². The van der Waals surface area contributed by atoms with Gasteiger partial charge in [0, 0.05) is 17.5 Å². The monoisotopic (exact) mass is 595 g/mol. The molecule has 0 atom stereocenters. The van der Waals surface area contributed by atoms with Gasteiger partial charge in [0.15, 0.2) is 5.82 Å². The van der Waals surface area contributed by atoms with Crippen molar-refractivity contribution >= 4 is 11.9 Å². The summed E-state index contributed by atoms with van der Waals surface area (Å²) < 4.78 is 77.8. The van der Waals surface area contributed by atoms with E-state index in [9.17, 15) is 31.5 Å². The van der Waals surface area contributed by atoms with Crippen molar-refractivity contribution < 1.29 is 41.0 Å². The number of nitrogens with one attached hydrogen (secondary N) is 1. The SMILES string of the molecule is Cc1nnc(-c2ccc(CC(=O)NCC(C)(C)COCC(C)(C)CC(=O)Oc3c(F)c(F)c(F)c(F)c3F)cc2)nn1. The maximum absolute atomic E-state index is 13.8. The van der Waals surface area contributed by atoms with Gasteiger partial charge in [0.1, 0.15) is 0 Å². The fraction of sp³-hybridized carbons (Fsp3) is 0.429. The summed E-state index contributed by atoms with van der Waals surface area (Å²) in [4.78, 5) is 24.7. The number of carbonyl (C=O) groups is 2. The highest BCUT2D eigenvalue weighted by atomic mass is 19.2. The minimum atomic E-state index is -2.35. The molecular formula is C28H30F5N5O4. The van der Waals surface area contributed by atoms with E-state index in [4.69, 9.17) is 4.74 Å². The number of hydrogen-bond acceptors (Lipinski definition) is 8. The zero-order chi connectivity index (χ0) is 31.2. The minimum Gasteiger partial charge on any atom is -0.420 e. The Morgan fingerprint density at radius 1 is 0.786 bits per heavy atom. The molecular weight excluding hydrogens is 565 g/mol. The molecule has 1 amide bonds. The van der Waals surface area contributed by atoms with Crippen LogP contribution in [-0.2, 0) is 20.7 Å². The molecule has 0 unspecified atom stereocenters. The van der Waals surface area contributed by atoms with Gasteiger partial charge >= 0.3 is 5.97 Å². The van der Waals surface area contributed by atoms with Gasteiger partial charge in [0.05, 0.1) is 26.1 Å². The lowest BCUT2D eigenvalue weighted by atomic mass is 9.90. The Morgan fingerprint density at radius 3 is 1.88 bits per heavy atom. The van der Waals surface area contributed by atoms with E-state index in [0.717, 1.165) is 5.56 Å². The second-order valence-electron chi connectivity index (χ2n) is 11.3. The van der Waals surface area contributed by atoms with Crippen molar-refractivity contribution in [3.05, 3.63) is 64.7 Å². The molecule has 14 heteroatoms. The Morgan fingerprint density at radius 2 is 1.31 bits per heavy atom. The topological polar surface area (TPSA) is 116 Å². The molecule has 3 rings (SSSR count). The third-order valence-corrected chi connectivity index (χ3v) is 5.91. The highest BCUT2D eigenvalue weighted by Crippen LogP contribution is 2.31. The maximum Gasteiger partial charge on any atom is 0.312 e. The molecule has 0 spiro atoms. The van der Waals surface area contributed by atoms with Gasteiger partial charge in [-0.3, -0.25) is 9.59 Å².